The van der Waals surface area contributed by atoms with E-state index in [0.29, 0.717) is 5.88 Å². The molecule has 2 aromatic rings. The molecule has 2 rings (SSSR count). The third kappa shape index (κ3) is 3.54. The van der Waals surface area contributed by atoms with Crippen LogP contribution in [0.4, 0.5) is 0 Å². The maximum atomic E-state index is 9.44. The number of aromatic nitrogens is 2. The zero-order valence-corrected chi connectivity index (χ0v) is 11.7. The molecule has 0 aliphatic heterocycles. The number of hydrogen-bond acceptors (Lipinski definition) is 4. The maximum absolute atomic E-state index is 9.44. The number of aliphatic hydroxyl groups excluding tert-OH is 1. The van der Waals surface area contributed by atoms with Gasteiger partial charge in [0.25, 0.3) is 0 Å². The van der Waals surface area contributed by atoms with E-state index in [1.165, 1.54) is 5.56 Å². The molecule has 0 radical (unpaired) electrons. The lowest BCUT2D eigenvalue weighted by Crippen LogP contribution is -2.01. The Morgan fingerprint density at radius 2 is 2.20 bits per heavy atom. The Balaban J connectivity index is 2.07. The van der Waals surface area contributed by atoms with Crippen LogP contribution in [0.25, 0.3) is 11.0 Å². The van der Waals surface area contributed by atoms with Gasteiger partial charge in [-0.15, -0.1) is 6.58 Å². The van der Waals surface area contributed by atoms with E-state index in [9.17, 15) is 5.11 Å². The summed E-state index contributed by atoms with van der Waals surface area (Å²) in [7, 11) is 1.61. The number of rotatable bonds is 7. The molecule has 0 aliphatic carbocycles. The minimum atomic E-state index is -0.401. The first-order valence-corrected chi connectivity index (χ1v) is 6.84. The standard InChI is InChI=1S/C16H20N2O2/c1-3-13(19)7-5-4-6-12-10-11-17-14-8-9-15(20-2)18-16(12)14/h3,8-11,13,19H,1,4-7H2,2H3. The highest BCUT2D eigenvalue weighted by Gasteiger charge is 2.06. The Morgan fingerprint density at radius 3 is 2.95 bits per heavy atom. The number of pyridine rings is 2. The molecule has 0 saturated heterocycles. The molecular weight excluding hydrogens is 252 g/mol. The van der Waals surface area contributed by atoms with Gasteiger partial charge >= 0.3 is 0 Å². The summed E-state index contributed by atoms with van der Waals surface area (Å²) in [6.07, 6.45) is 6.62. The van der Waals surface area contributed by atoms with Gasteiger partial charge in [0.1, 0.15) is 0 Å². The SMILES string of the molecule is C=CC(O)CCCCc1ccnc2ccc(OC)nc12. The fourth-order valence-electron chi connectivity index (χ4n) is 2.16. The molecule has 20 heavy (non-hydrogen) atoms. The quantitative estimate of drug-likeness (QED) is 0.622. The summed E-state index contributed by atoms with van der Waals surface area (Å²) in [6.45, 7) is 3.58. The maximum Gasteiger partial charge on any atom is 0.213 e. The van der Waals surface area contributed by atoms with E-state index in [0.717, 1.165) is 36.7 Å². The van der Waals surface area contributed by atoms with Crippen LogP contribution < -0.4 is 4.74 Å². The fourth-order valence-corrected chi connectivity index (χ4v) is 2.16. The van der Waals surface area contributed by atoms with Gasteiger partial charge in [0, 0.05) is 12.3 Å². The fraction of sp³-hybridized carbons (Fsp3) is 0.375. The monoisotopic (exact) mass is 272 g/mol. The van der Waals surface area contributed by atoms with Crippen molar-refractivity contribution in [3.63, 3.8) is 0 Å². The Morgan fingerprint density at radius 1 is 1.35 bits per heavy atom. The summed E-state index contributed by atoms with van der Waals surface area (Å²) in [4.78, 5) is 8.79. The van der Waals surface area contributed by atoms with E-state index in [2.05, 4.69) is 16.5 Å². The van der Waals surface area contributed by atoms with Crippen molar-refractivity contribution in [1.29, 1.82) is 0 Å². The van der Waals surface area contributed by atoms with Gasteiger partial charge in [-0.25, -0.2) is 4.98 Å². The second-order valence-electron chi connectivity index (χ2n) is 4.74. The lowest BCUT2D eigenvalue weighted by atomic mass is 10.0. The van der Waals surface area contributed by atoms with Gasteiger partial charge in [0.15, 0.2) is 0 Å². The first kappa shape index (κ1) is 14.5. The van der Waals surface area contributed by atoms with Crippen molar-refractivity contribution >= 4 is 11.0 Å². The molecule has 0 aliphatic rings. The van der Waals surface area contributed by atoms with E-state index in [4.69, 9.17) is 4.74 Å². The zero-order valence-electron chi connectivity index (χ0n) is 11.7. The van der Waals surface area contributed by atoms with Crippen LogP contribution >= 0.6 is 0 Å². The highest BCUT2D eigenvalue weighted by Crippen LogP contribution is 2.20. The molecule has 0 bridgehead atoms. The van der Waals surface area contributed by atoms with Gasteiger partial charge in [-0.1, -0.05) is 12.5 Å². The van der Waals surface area contributed by atoms with E-state index in [-0.39, 0.29) is 0 Å². The number of methoxy groups -OCH3 is 1. The molecule has 1 atom stereocenters. The highest BCUT2D eigenvalue weighted by molar-refractivity contribution is 5.78. The number of nitrogens with zero attached hydrogens (tertiary/aromatic N) is 2. The van der Waals surface area contributed by atoms with Crippen LogP contribution in [0.1, 0.15) is 24.8 Å². The predicted octanol–water partition coefficient (Wildman–Crippen LogP) is 2.90. The molecule has 0 aromatic carbocycles. The van der Waals surface area contributed by atoms with Gasteiger partial charge in [-0.3, -0.25) is 4.98 Å². The number of ether oxygens (including phenoxy) is 1. The van der Waals surface area contributed by atoms with E-state index in [1.807, 2.05) is 24.4 Å². The molecule has 1 unspecified atom stereocenters. The molecule has 106 valence electrons. The highest BCUT2D eigenvalue weighted by atomic mass is 16.5. The van der Waals surface area contributed by atoms with Crippen LogP contribution in [0, 0.1) is 0 Å². The molecule has 4 nitrogen and oxygen atoms in total. The molecule has 0 fully saturated rings. The second-order valence-corrected chi connectivity index (χ2v) is 4.74. The van der Waals surface area contributed by atoms with Gasteiger partial charge in [-0.05, 0) is 37.0 Å². The average molecular weight is 272 g/mol. The third-order valence-electron chi connectivity index (χ3n) is 3.32. The van der Waals surface area contributed by atoms with Crippen molar-refractivity contribution in [2.45, 2.75) is 31.8 Å². The first-order chi connectivity index (χ1) is 9.74. The minimum absolute atomic E-state index is 0.401. The number of aryl methyl sites for hydroxylation is 1. The number of hydrogen-bond donors (Lipinski definition) is 1. The molecule has 0 saturated carbocycles. The van der Waals surface area contributed by atoms with Gasteiger partial charge in [-0.2, -0.15) is 0 Å². The van der Waals surface area contributed by atoms with Crippen LogP contribution in [0.15, 0.2) is 37.1 Å². The summed E-state index contributed by atoms with van der Waals surface area (Å²) in [6, 6.07) is 5.74. The third-order valence-corrected chi connectivity index (χ3v) is 3.32. The lowest BCUT2D eigenvalue weighted by Gasteiger charge is -2.08. The van der Waals surface area contributed by atoms with Gasteiger partial charge in [0.05, 0.1) is 24.2 Å². The molecular formula is C16H20N2O2. The number of aliphatic hydroxyl groups is 1. The van der Waals surface area contributed by atoms with Crippen molar-refractivity contribution in [2.24, 2.45) is 0 Å². The topological polar surface area (TPSA) is 55.2 Å². The normalized spacial score (nSPS) is 12.3. The smallest absolute Gasteiger partial charge is 0.213 e. The van der Waals surface area contributed by atoms with E-state index in [1.54, 1.807) is 13.2 Å². The van der Waals surface area contributed by atoms with Crippen molar-refractivity contribution in [1.82, 2.24) is 9.97 Å². The Hall–Kier alpha value is -1.94. The Bertz CT molecular complexity index is 584. The Kier molecular flexibility index (Phi) is 5.07. The molecule has 0 amide bonds. The molecule has 1 N–H and O–H groups in total. The van der Waals surface area contributed by atoms with Gasteiger partial charge < -0.3 is 9.84 Å². The minimum Gasteiger partial charge on any atom is -0.481 e. The summed E-state index contributed by atoms with van der Waals surface area (Å²) < 4.78 is 5.17. The molecule has 0 spiro atoms. The lowest BCUT2D eigenvalue weighted by molar-refractivity contribution is 0.209. The van der Waals surface area contributed by atoms with E-state index >= 15 is 0 Å². The first-order valence-electron chi connectivity index (χ1n) is 6.84. The second kappa shape index (κ2) is 7.01. The predicted molar refractivity (Wildman–Crippen MR) is 79.8 cm³/mol. The summed E-state index contributed by atoms with van der Waals surface area (Å²) in [5.74, 6) is 0.605. The van der Waals surface area contributed by atoms with Crippen molar-refractivity contribution in [3.8, 4) is 5.88 Å². The molecule has 4 heteroatoms. The Labute approximate surface area is 119 Å². The zero-order chi connectivity index (χ0) is 14.4. The molecule has 2 heterocycles. The van der Waals surface area contributed by atoms with Crippen LogP contribution in [0.3, 0.4) is 0 Å². The summed E-state index contributed by atoms with van der Waals surface area (Å²) in [5.41, 5.74) is 2.95. The summed E-state index contributed by atoms with van der Waals surface area (Å²) >= 11 is 0. The van der Waals surface area contributed by atoms with Crippen LogP contribution in [-0.2, 0) is 6.42 Å². The van der Waals surface area contributed by atoms with Crippen molar-refractivity contribution in [2.75, 3.05) is 7.11 Å². The van der Waals surface area contributed by atoms with Crippen LogP contribution in [-0.4, -0.2) is 28.3 Å². The van der Waals surface area contributed by atoms with Crippen LogP contribution in [0.5, 0.6) is 5.88 Å². The van der Waals surface area contributed by atoms with E-state index < -0.39 is 6.10 Å². The van der Waals surface area contributed by atoms with Crippen LogP contribution in [0.2, 0.25) is 0 Å². The van der Waals surface area contributed by atoms with Gasteiger partial charge in [0.2, 0.25) is 5.88 Å². The largest absolute Gasteiger partial charge is 0.481 e. The average Bonchev–Trinajstić information content (AvgIpc) is 2.50. The number of fused-ring (bicyclic) bond motifs is 1. The molecule has 2 aromatic heterocycles. The van der Waals surface area contributed by atoms with Crippen molar-refractivity contribution in [3.05, 3.63) is 42.6 Å². The number of unbranched alkanes of at least 4 members (excludes halogenated alkanes) is 1. The van der Waals surface area contributed by atoms with Crippen molar-refractivity contribution < 1.29 is 9.84 Å². The summed E-state index contributed by atoms with van der Waals surface area (Å²) in [5, 5.41) is 9.44.